The molecule has 7 heteroatoms. The quantitative estimate of drug-likeness (QED) is 0.811. The van der Waals surface area contributed by atoms with Gasteiger partial charge in [-0.1, -0.05) is 15.9 Å². The standard InChI is InChI=1S/C15H17BrN2O4/c16-12-5-3-10(4-6-12)15(21)22-9-13(19)18-7-1-2-11(8-18)14(17)20/h3-6,11H,1-2,7-9H2,(H2,17,20)/t11-/m0/s1. The summed E-state index contributed by atoms with van der Waals surface area (Å²) in [5, 5.41) is 0. The summed E-state index contributed by atoms with van der Waals surface area (Å²) in [6.07, 6.45) is 1.41. The van der Waals surface area contributed by atoms with Crippen LogP contribution in [0.25, 0.3) is 0 Å². The minimum Gasteiger partial charge on any atom is -0.452 e. The lowest BCUT2D eigenvalue weighted by Gasteiger charge is -2.31. The topological polar surface area (TPSA) is 89.7 Å². The molecule has 6 nitrogen and oxygen atoms in total. The van der Waals surface area contributed by atoms with Gasteiger partial charge in [-0.05, 0) is 37.1 Å². The highest BCUT2D eigenvalue weighted by Gasteiger charge is 2.27. The first-order valence-corrected chi connectivity index (χ1v) is 7.76. The summed E-state index contributed by atoms with van der Waals surface area (Å²) in [6, 6.07) is 6.67. The van der Waals surface area contributed by atoms with Gasteiger partial charge in [0.05, 0.1) is 11.5 Å². The highest BCUT2D eigenvalue weighted by atomic mass is 79.9. The molecule has 0 aromatic heterocycles. The van der Waals surface area contributed by atoms with Crippen LogP contribution in [-0.2, 0) is 14.3 Å². The van der Waals surface area contributed by atoms with Gasteiger partial charge in [-0.15, -0.1) is 0 Å². The van der Waals surface area contributed by atoms with Crippen molar-refractivity contribution < 1.29 is 19.1 Å². The number of rotatable bonds is 4. The number of ether oxygens (including phenoxy) is 1. The Morgan fingerprint density at radius 3 is 2.59 bits per heavy atom. The molecule has 2 amide bonds. The molecule has 2 rings (SSSR count). The van der Waals surface area contributed by atoms with Gasteiger partial charge in [-0.2, -0.15) is 0 Å². The van der Waals surface area contributed by atoms with Crippen LogP contribution in [0.15, 0.2) is 28.7 Å². The monoisotopic (exact) mass is 368 g/mol. The lowest BCUT2D eigenvalue weighted by Crippen LogP contribution is -2.45. The summed E-state index contributed by atoms with van der Waals surface area (Å²) in [7, 11) is 0. The molecule has 2 N–H and O–H groups in total. The van der Waals surface area contributed by atoms with Crippen molar-refractivity contribution in [3.63, 3.8) is 0 Å². The van der Waals surface area contributed by atoms with Crippen LogP contribution in [0.5, 0.6) is 0 Å². The summed E-state index contributed by atoms with van der Waals surface area (Å²) in [4.78, 5) is 36.6. The second kappa shape index (κ2) is 7.40. The Balaban J connectivity index is 1.85. The third kappa shape index (κ3) is 4.30. The van der Waals surface area contributed by atoms with E-state index >= 15 is 0 Å². The van der Waals surface area contributed by atoms with E-state index in [2.05, 4.69) is 15.9 Å². The maximum atomic E-state index is 12.0. The summed E-state index contributed by atoms with van der Waals surface area (Å²) in [5.74, 6) is -1.58. The number of piperidine rings is 1. The van der Waals surface area contributed by atoms with Crippen LogP contribution in [0.2, 0.25) is 0 Å². The summed E-state index contributed by atoms with van der Waals surface area (Å²) in [6.45, 7) is 0.517. The number of esters is 1. The van der Waals surface area contributed by atoms with E-state index in [1.807, 2.05) is 0 Å². The third-order valence-electron chi connectivity index (χ3n) is 3.58. The van der Waals surface area contributed by atoms with Crippen LogP contribution in [0.3, 0.4) is 0 Å². The zero-order valence-corrected chi connectivity index (χ0v) is 13.5. The Morgan fingerprint density at radius 1 is 1.27 bits per heavy atom. The van der Waals surface area contributed by atoms with Crippen molar-refractivity contribution in [2.24, 2.45) is 11.7 Å². The predicted octanol–water partition coefficient (Wildman–Crippen LogP) is 1.33. The van der Waals surface area contributed by atoms with Gasteiger partial charge in [0.1, 0.15) is 0 Å². The van der Waals surface area contributed by atoms with Gasteiger partial charge < -0.3 is 15.4 Å². The Kier molecular flexibility index (Phi) is 5.54. The van der Waals surface area contributed by atoms with E-state index in [4.69, 9.17) is 10.5 Å². The summed E-state index contributed by atoms with van der Waals surface area (Å²) >= 11 is 3.28. The molecular formula is C15H17BrN2O4. The SMILES string of the molecule is NC(=O)[C@H]1CCCN(C(=O)COC(=O)c2ccc(Br)cc2)C1. The van der Waals surface area contributed by atoms with Crippen molar-refractivity contribution in [3.05, 3.63) is 34.3 Å². The number of hydrogen-bond donors (Lipinski definition) is 1. The lowest BCUT2D eigenvalue weighted by atomic mass is 9.97. The van der Waals surface area contributed by atoms with Crippen molar-refractivity contribution >= 4 is 33.7 Å². The first-order valence-electron chi connectivity index (χ1n) is 6.97. The first kappa shape index (κ1) is 16.5. The minimum atomic E-state index is -0.552. The number of carbonyl (C=O) groups excluding carboxylic acids is 3. The molecule has 0 radical (unpaired) electrons. The van der Waals surface area contributed by atoms with Crippen LogP contribution in [0, 0.1) is 5.92 Å². The maximum absolute atomic E-state index is 12.0. The average Bonchev–Trinajstić information content (AvgIpc) is 2.53. The number of nitrogens with two attached hydrogens (primary N) is 1. The van der Waals surface area contributed by atoms with E-state index in [0.29, 0.717) is 25.1 Å². The molecule has 1 heterocycles. The largest absolute Gasteiger partial charge is 0.452 e. The summed E-state index contributed by atoms with van der Waals surface area (Å²) in [5.41, 5.74) is 5.65. The van der Waals surface area contributed by atoms with Crippen molar-refractivity contribution in [2.45, 2.75) is 12.8 Å². The van der Waals surface area contributed by atoms with Crippen LogP contribution >= 0.6 is 15.9 Å². The average molecular weight is 369 g/mol. The predicted molar refractivity (Wildman–Crippen MR) is 82.9 cm³/mol. The van der Waals surface area contributed by atoms with Gasteiger partial charge in [-0.25, -0.2) is 4.79 Å². The number of hydrogen-bond acceptors (Lipinski definition) is 4. The molecule has 1 aromatic carbocycles. The normalized spacial score (nSPS) is 17.9. The fraction of sp³-hybridized carbons (Fsp3) is 0.400. The van der Waals surface area contributed by atoms with Crippen LogP contribution in [-0.4, -0.2) is 42.4 Å². The van der Waals surface area contributed by atoms with E-state index < -0.39 is 11.9 Å². The Morgan fingerprint density at radius 2 is 1.95 bits per heavy atom. The van der Waals surface area contributed by atoms with E-state index in [0.717, 1.165) is 10.9 Å². The van der Waals surface area contributed by atoms with E-state index in [-0.39, 0.29) is 18.4 Å². The maximum Gasteiger partial charge on any atom is 0.338 e. The molecule has 22 heavy (non-hydrogen) atoms. The third-order valence-corrected chi connectivity index (χ3v) is 4.11. The number of nitrogens with zero attached hydrogens (tertiary/aromatic N) is 1. The number of halogens is 1. The molecule has 0 unspecified atom stereocenters. The molecule has 1 atom stereocenters. The molecule has 0 saturated carbocycles. The fourth-order valence-electron chi connectivity index (χ4n) is 2.32. The van der Waals surface area contributed by atoms with Gasteiger partial charge in [0.25, 0.3) is 5.91 Å². The first-order chi connectivity index (χ1) is 10.5. The fourth-order valence-corrected chi connectivity index (χ4v) is 2.59. The lowest BCUT2D eigenvalue weighted by molar-refractivity contribution is -0.137. The Labute approximate surface area is 136 Å². The molecule has 1 fully saturated rings. The minimum absolute atomic E-state index is 0.296. The van der Waals surface area contributed by atoms with Crippen molar-refractivity contribution in [2.75, 3.05) is 19.7 Å². The second-order valence-electron chi connectivity index (χ2n) is 5.16. The van der Waals surface area contributed by atoms with Gasteiger partial charge in [0, 0.05) is 17.6 Å². The molecule has 1 saturated heterocycles. The molecule has 1 aliphatic rings. The zero-order valence-electron chi connectivity index (χ0n) is 12.0. The van der Waals surface area contributed by atoms with Crippen LogP contribution < -0.4 is 5.73 Å². The van der Waals surface area contributed by atoms with Gasteiger partial charge in [-0.3, -0.25) is 9.59 Å². The molecule has 1 aromatic rings. The molecule has 0 bridgehead atoms. The zero-order chi connectivity index (χ0) is 16.1. The molecule has 118 valence electrons. The van der Waals surface area contributed by atoms with E-state index in [9.17, 15) is 14.4 Å². The second-order valence-corrected chi connectivity index (χ2v) is 6.08. The number of primary amides is 1. The highest BCUT2D eigenvalue weighted by molar-refractivity contribution is 9.10. The number of carbonyl (C=O) groups is 3. The Hall–Kier alpha value is -1.89. The van der Waals surface area contributed by atoms with Gasteiger partial charge in [0.2, 0.25) is 5.91 Å². The summed E-state index contributed by atoms with van der Waals surface area (Å²) < 4.78 is 5.87. The van der Waals surface area contributed by atoms with E-state index in [1.165, 1.54) is 4.90 Å². The van der Waals surface area contributed by atoms with Crippen molar-refractivity contribution in [1.82, 2.24) is 4.90 Å². The van der Waals surface area contributed by atoms with Gasteiger partial charge >= 0.3 is 5.97 Å². The van der Waals surface area contributed by atoms with Gasteiger partial charge in [0.15, 0.2) is 6.61 Å². The smallest absolute Gasteiger partial charge is 0.338 e. The highest BCUT2D eigenvalue weighted by Crippen LogP contribution is 2.16. The molecule has 0 spiro atoms. The number of benzene rings is 1. The molecule has 1 aliphatic heterocycles. The number of amides is 2. The van der Waals surface area contributed by atoms with Crippen molar-refractivity contribution in [1.29, 1.82) is 0 Å². The van der Waals surface area contributed by atoms with E-state index in [1.54, 1.807) is 24.3 Å². The van der Waals surface area contributed by atoms with Crippen LogP contribution in [0.4, 0.5) is 0 Å². The molecule has 0 aliphatic carbocycles. The molecular weight excluding hydrogens is 352 g/mol. The number of likely N-dealkylation sites (tertiary alicyclic amines) is 1. The van der Waals surface area contributed by atoms with Crippen molar-refractivity contribution in [3.8, 4) is 0 Å². The van der Waals surface area contributed by atoms with Crippen LogP contribution in [0.1, 0.15) is 23.2 Å². The Bertz CT molecular complexity index is 573.